The van der Waals surface area contributed by atoms with Gasteiger partial charge in [0.15, 0.2) is 5.96 Å². The number of nitrogens with zero attached hydrogens (tertiary/aromatic N) is 5. The Labute approximate surface area is 491 Å². The van der Waals surface area contributed by atoms with Gasteiger partial charge < -0.3 is 88.3 Å². The van der Waals surface area contributed by atoms with Crippen LogP contribution in [0.15, 0.2) is 52.6 Å². The summed E-state index contributed by atoms with van der Waals surface area (Å²) < 4.78 is 22.1. The van der Waals surface area contributed by atoms with Crippen molar-refractivity contribution in [3.05, 3.63) is 58.5 Å². The lowest BCUT2D eigenvalue weighted by molar-refractivity contribution is -0.138. The number of guanidine groups is 1. The van der Waals surface area contributed by atoms with E-state index >= 15 is 0 Å². The van der Waals surface area contributed by atoms with E-state index in [2.05, 4.69) is 57.6 Å². The molecule has 1 aliphatic heterocycles. The van der Waals surface area contributed by atoms with Gasteiger partial charge in [0.05, 0.1) is 65.4 Å². The van der Waals surface area contributed by atoms with Gasteiger partial charge >= 0.3 is 0 Å². The summed E-state index contributed by atoms with van der Waals surface area (Å²) in [4.78, 5) is 157. The second-order valence-corrected chi connectivity index (χ2v) is 18.8. The first kappa shape index (κ1) is 72.7. The molecule has 14 N–H and O–H groups in total. The zero-order valence-corrected chi connectivity index (χ0v) is 47.7. The highest BCUT2D eigenvalue weighted by Crippen LogP contribution is 2.10. The number of nitrogens with one attached hydrogen (secondary N) is 8. The average molecular weight is 1200 g/mol. The molecule has 0 aromatic heterocycles. The van der Waals surface area contributed by atoms with Gasteiger partial charge in [0, 0.05) is 75.5 Å². The summed E-state index contributed by atoms with van der Waals surface area (Å²) in [5.74, 6) is -5.94. The van der Waals surface area contributed by atoms with Crippen molar-refractivity contribution in [3.8, 4) is 0 Å². The summed E-state index contributed by atoms with van der Waals surface area (Å²) in [5, 5.41) is 24.2. The quantitative estimate of drug-likeness (QED) is 0.00436. The largest absolute Gasteiger partial charge is 0.379 e. The molecular weight excluding hydrogens is 1120 g/mol. The molecule has 1 aliphatic rings. The number of carbonyl (C=O) groups is 12. The molecule has 2 rings (SSSR count). The van der Waals surface area contributed by atoms with Crippen molar-refractivity contribution in [2.24, 2.45) is 27.3 Å². The van der Waals surface area contributed by atoms with Crippen LogP contribution in [0.25, 0.3) is 10.4 Å². The molecule has 1 aromatic rings. The first-order valence-electron chi connectivity index (χ1n) is 27.9. The van der Waals surface area contributed by atoms with E-state index in [0.29, 0.717) is 43.8 Å². The number of aliphatic imine (C=N–C) groups is 1. The number of amides is 10. The highest BCUT2D eigenvalue weighted by atomic mass is 16.6. The molecule has 1 unspecified atom stereocenters. The minimum absolute atomic E-state index is 0.000624. The monoisotopic (exact) mass is 1200 g/mol. The van der Waals surface area contributed by atoms with Crippen molar-refractivity contribution < 1.29 is 76.5 Å². The maximum Gasteiger partial charge on any atom is 0.253 e. The van der Waals surface area contributed by atoms with Gasteiger partial charge in [0.1, 0.15) is 43.3 Å². The highest BCUT2D eigenvalue weighted by Gasteiger charge is 2.31. The Hall–Kier alpha value is -8.42. The lowest BCUT2D eigenvalue weighted by atomic mass is 10.0. The molecule has 10 amide bonds. The molecule has 1 aromatic carbocycles. The van der Waals surface area contributed by atoms with Crippen LogP contribution in [0.4, 0.5) is 0 Å². The Bertz CT molecular complexity index is 2390. The third-order valence-corrected chi connectivity index (χ3v) is 12.2. The Balaban J connectivity index is 1.75. The molecule has 0 radical (unpaired) electrons. The standard InChI is InChI=1S/C53H82N16O16/c54-38(17-25-70)48(77)67-42(35-37-9-2-1-3-10-37)52(81)66-41(51(80)65-40(50(79)60-22-26-71)13-8-21-62-53(55)56)12-5-6-19-58-43(72)18-27-82-29-31-84-33-34-85-32-30-83-28-23-61-49(78)39(11-4-7-20-59-45(74)36-63-68-57)64-44(73)16-24-69-46(75)14-15-47(69)76/h1-3,9-10,14-15,25-26,38-42H,4-8,11-13,16-24,27-36,54H2,(H,58,72)(H,59,74)(H,60,79)(H,61,78)(H,64,73)(H,65,80)(H,66,81)(H,67,77)(H4,55,56,62)/t38-,39?,40-,41-,42+/m0/s1. The number of nitrogens with two attached hydrogens (primary N) is 3. The summed E-state index contributed by atoms with van der Waals surface area (Å²) >= 11 is 0. The van der Waals surface area contributed by atoms with Crippen LogP contribution in [-0.4, -0.2) is 211 Å². The first-order valence-corrected chi connectivity index (χ1v) is 27.9. The van der Waals surface area contributed by atoms with Gasteiger partial charge in [-0.3, -0.25) is 57.8 Å². The molecule has 0 saturated heterocycles. The van der Waals surface area contributed by atoms with Gasteiger partial charge in [0.25, 0.3) is 11.8 Å². The van der Waals surface area contributed by atoms with Crippen molar-refractivity contribution in [1.29, 1.82) is 0 Å². The Kier molecular flexibility index (Phi) is 38.5. The van der Waals surface area contributed by atoms with Gasteiger partial charge in [-0.05, 0) is 62.5 Å². The predicted octanol–water partition coefficient (Wildman–Crippen LogP) is -3.78. The van der Waals surface area contributed by atoms with Crippen molar-refractivity contribution in [1.82, 2.24) is 47.4 Å². The molecule has 0 spiro atoms. The Morgan fingerprint density at radius 3 is 1.69 bits per heavy atom. The van der Waals surface area contributed by atoms with Gasteiger partial charge in [0.2, 0.25) is 47.3 Å². The number of azide groups is 1. The fourth-order valence-electron chi connectivity index (χ4n) is 7.74. The number of imide groups is 1. The van der Waals surface area contributed by atoms with E-state index in [4.69, 9.17) is 41.7 Å². The zero-order valence-electron chi connectivity index (χ0n) is 47.7. The van der Waals surface area contributed by atoms with E-state index < -0.39 is 83.4 Å². The number of hydrogen-bond donors (Lipinski definition) is 11. The normalized spacial score (nSPS) is 13.4. The Morgan fingerprint density at radius 1 is 0.576 bits per heavy atom. The predicted molar refractivity (Wildman–Crippen MR) is 305 cm³/mol. The molecule has 0 bridgehead atoms. The van der Waals surface area contributed by atoms with E-state index in [1.54, 1.807) is 30.3 Å². The number of ether oxygens (including phenoxy) is 4. The summed E-state index contributed by atoms with van der Waals surface area (Å²) in [6, 6.07) is 2.90. The number of carbonyl (C=O) groups excluding carboxylic acids is 12. The summed E-state index contributed by atoms with van der Waals surface area (Å²) in [5.41, 5.74) is 25.7. The minimum atomic E-state index is -1.25. The summed E-state index contributed by atoms with van der Waals surface area (Å²) in [6.45, 7) is 1.52. The van der Waals surface area contributed by atoms with Crippen molar-refractivity contribution >= 4 is 77.6 Å². The topological polar surface area (TPSA) is 480 Å². The van der Waals surface area contributed by atoms with Crippen molar-refractivity contribution in [2.45, 2.75) is 107 Å². The second-order valence-electron chi connectivity index (χ2n) is 18.8. The van der Waals surface area contributed by atoms with Gasteiger partial charge in [-0.2, -0.15) is 0 Å². The van der Waals surface area contributed by atoms with Crippen LogP contribution < -0.4 is 59.7 Å². The molecule has 0 fully saturated rings. The molecule has 85 heavy (non-hydrogen) atoms. The maximum absolute atomic E-state index is 13.9. The van der Waals surface area contributed by atoms with E-state index in [0.717, 1.165) is 17.1 Å². The molecule has 0 saturated carbocycles. The molecule has 32 nitrogen and oxygen atoms in total. The van der Waals surface area contributed by atoms with Crippen molar-refractivity contribution in [2.75, 3.05) is 98.7 Å². The number of unbranched alkanes of at least 4 members (excludes halogenated alkanes) is 2. The van der Waals surface area contributed by atoms with Crippen LogP contribution >= 0.6 is 0 Å². The number of rotatable bonds is 49. The van der Waals surface area contributed by atoms with Crippen LogP contribution in [0.1, 0.15) is 76.2 Å². The molecule has 0 aliphatic carbocycles. The molecule has 1 heterocycles. The van der Waals surface area contributed by atoms with E-state index in [9.17, 15) is 57.5 Å². The van der Waals surface area contributed by atoms with Crippen LogP contribution in [0, 0.1) is 0 Å². The van der Waals surface area contributed by atoms with Crippen molar-refractivity contribution in [3.63, 3.8) is 0 Å². The fourth-order valence-corrected chi connectivity index (χ4v) is 7.74. The van der Waals surface area contributed by atoms with Crippen LogP contribution in [0.2, 0.25) is 0 Å². The lowest BCUT2D eigenvalue weighted by Crippen LogP contribution is -2.58. The maximum atomic E-state index is 13.9. The smallest absolute Gasteiger partial charge is 0.253 e. The number of aldehydes is 2. The van der Waals surface area contributed by atoms with Gasteiger partial charge in [-0.25, -0.2) is 0 Å². The first-order chi connectivity index (χ1) is 41.0. The lowest BCUT2D eigenvalue weighted by Gasteiger charge is -2.26. The van der Waals surface area contributed by atoms with Gasteiger partial charge in [-0.1, -0.05) is 35.4 Å². The van der Waals surface area contributed by atoms with Crippen LogP contribution in [0.5, 0.6) is 0 Å². The van der Waals surface area contributed by atoms with Gasteiger partial charge in [-0.15, -0.1) is 0 Å². The molecule has 470 valence electrons. The highest BCUT2D eigenvalue weighted by molar-refractivity contribution is 6.13. The number of benzene rings is 1. The van der Waals surface area contributed by atoms with Crippen LogP contribution in [0.3, 0.4) is 0 Å². The molecule has 5 atom stereocenters. The van der Waals surface area contributed by atoms with Crippen LogP contribution in [-0.2, 0) is 82.9 Å². The molecular formula is C53H82N16O16. The summed E-state index contributed by atoms with van der Waals surface area (Å²) in [6.07, 6.45) is 4.84. The molecule has 32 heteroatoms. The summed E-state index contributed by atoms with van der Waals surface area (Å²) in [7, 11) is 0. The van der Waals surface area contributed by atoms with E-state index in [-0.39, 0.29) is 162 Å². The van der Waals surface area contributed by atoms with E-state index in [1.165, 1.54) is 0 Å². The third-order valence-electron chi connectivity index (χ3n) is 12.2. The number of hydrogen-bond acceptors (Lipinski definition) is 19. The Morgan fingerprint density at radius 2 is 1.11 bits per heavy atom. The van der Waals surface area contributed by atoms with E-state index in [1.807, 2.05) is 0 Å². The third kappa shape index (κ3) is 34.1. The average Bonchev–Trinajstić information content (AvgIpc) is 4.10. The second kappa shape index (κ2) is 45.1. The fraction of sp³-hybridized carbons (Fsp3) is 0.604. The zero-order chi connectivity index (χ0) is 62.5. The SMILES string of the molecule is [N-]=[N+]=NCC(=O)NCCCCC(NC(=O)CCN1C(=O)C=CC1=O)C(=O)NCCOCCOCCOCCOCCC(=O)NCCCC[C@H](NC(=O)[C@@H](Cc1ccccc1)NC(=O)[C@@H](N)CC=O)C(=O)N[C@@H](CCCN=C(N)N)C(=O)NCC=O. The minimum Gasteiger partial charge on any atom is -0.379 e.